The van der Waals surface area contributed by atoms with Crippen molar-refractivity contribution in [2.24, 2.45) is 5.41 Å². The monoisotopic (exact) mass is 324 g/mol. The summed E-state index contributed by atoms with van der Waals surface area (Å²) in [6, 6.07) is 7.32. The molecule has 1 aromatic rings. The highest BCUT2D eigenvalue weighted by Gasteiger charge is 2.56. The van der Waals surface area contributed by atoms with E-state index in [1.165, 1.54) is 0 Å². The largest absolute Gasteiger partial charge is 0.355 e. The van der Waals surface area contributed by atoms with E-state index < -0.39 is 5.41 Å². The third kappa shape index (κ3) is 3.15. The Hall–Kier alpha value is -1.36. The van der Waals surface area contributed by atoms with E-state index in [9.17, 15) is 9.59 Å². The van der Waals surface area contributed by atoms with Gasteiger partial charge in [-0.05, 0) is 43.5 Å². The second kappa shape index (κ2) is 5.74. The summed E-state index contributed by atoms with van der Waals surface area (Å²) in [4.78, 5) is 24.2. The fraction of sp³-hybridized carbons (Fsp3) is 0.429. The maximum Gasteiger partial charge on any atom is 0.240 e. The molecule has 0 spiro atoms. The van der Waals surface area contributed by atoms with Gasteiger partial charge in [-0.2, -0.15) is 0 Å². The van der Waals surface area contributed by atoms with Gasteiger partial charge in [0.2, 0.25) is 11.8 Å². The van der Waals surface area contributed by atoms with Gasteiger partial charge in [0.1, 0.15) is 5.41 Å². The Morgan fingerprint density at radius 2 is 1.84 bits per heavy atom. The van der Waals surface area contributed by atoms with Gasteiger partial charge in [-0.3, -0.25) is 9.59 Å². The average molecular weight is 325 g/mol. The van der Waals surface area contributed by atoms with E-state index in [0.717, 1.165) is 10.9 Å². The van der Waals surface area contributed by atoms with Crippen molar-refractivity contribution in [3.63, 3.8) is 0 Å². The van der Waals surface area contributed by atoms with Crippen molar-refractivity contribution in [2.45, 2.75) is 26.2 Å². The molecule has 0 unspecified atom stereocenters. The number of anilines is 1. The molecule has 4 nitrogen and oxygen atoms in total. The molecule has 1 aromatic carbocycles. The summed E-state index contributed by atoms with van der Waals surface area (Å²) in [6.07, 6.45) is 2.13. The predicted octanol–water partition coefficient (Wildman–Crippen LogP) is 2.69. The molecule has 1 aliphatic rings. The summed E-state index contributed by atoms with van der Waals surface area (Å²) in [6.45, 7) is 2.61. The van der Waals surface area contributed by atoms with Crippen molar-refractivity contribution < 1.29 is 9.59 Å². The minimum absolute atomic E-state index is 0.149. The highest BCUT2D eigenvalue weighted by molar-refractivity contribution is 9.10. The maximum absolute atomic E-state index is 12.2. The first-order chi connectivity index (χ1) is 9.08. The summed E-state index contributed by atoms with van der Waals surface area (Å²) in [5.74, 6) is -0.354. The highest BCUT2D eigenvalue weighted by Crippen LogP contribution is 2.46. The van der Waals surface area contributed by atoms with Crippen LogP contribution in [0.1, 0.15) is 26.2 Å². The van der Waals surface area contributed by atoms with Crippen LogP contribution in [0.5, 0.6) is 0 Å². The van der Waals surface area contributed by atoms with Crippen LogP contribution < -0.4 is 10.6 Å². The number of carbonyl (C=O) groups excluding carboxylic acids is 2. The van der Waals surface area contributed by atoms with Crippen molar-refractivity contribution in [1.29, 1.82) is 0 Å². The molecule has 0 atom stereocenters. The number of hydrogen-bond donors (Lipinski definition) is 2. The third-order valence-corrected chi connectivity index (χ3v) is 3.79. The van der Waals surface area contributed by atoms with Crippen LogP contribution in [-0.4, -0.2) is 18.4 Å². The number of carbonyl (C=O) groups is 2. The SMILES string of the molecule is CCCNC(=O)C1(C(=O)Nc2ccc(Br)cc2)CC1. The molecule has 2 N–H and O–H groups in total. The standard InChI is InChI=1S/C14H17BrN2O2/c1-2-9-16-12(18)14(7-8-14)13(19)17-11-5-3-10(15)4-6-11/h3-6H,2,7-9H2,1H3,(H,16,18)(H,17,19). The van der Waals surface area contributed by atoms with Crippen molar-refractivity contribution >= 4 is 33.4 Å². The third-order valence-electron chi connectivity index (χ3n) is 3.26. The lowest BCUT2D eigenvalue weighted by Gasteiger charge is -2.15. The van der Waals surface area contributed by atoms with Crippen LogP contribution in [0.3, 0.4) is 0 Å². The molecule has 0 heterocycles. The maximum atomic E-state index is 12.2. The molecule has 5 heteroatoms. The molecule has 0 aromatic heterocycles. The Morgan fingerprint density at radius 3 is 2.37 bits per heavy atom. The molecule has 0 saturated heterocycles. The van der Waals surface area contributed by atoms with Crippen LogP contribution in [0.4, 0.5) is 5.69 Å². The van der Waals surface area contributed by atoms with E-state index in [4.69, 9.17) is 0 Å². The predicted molar refractivity (Wildman–Crippen MR) is 77.7 cm³/mol. The van der Waals surface area contributed by atoms with Crippen molar-refractivity contribution in [3.8, 4) is 0 Å². The smallest absolute Gasteiger partial charge is 0.240 e. The fourth-order valence-corrected chi connectivity index (χ4v) is 2.14. The number of hydrogen-bond acceptors (Lipinski definition) is 2. The van der Waals surface area contributed by atoms with Crippen LogP contribution in [0.25, 0.3) is 0 Å². The molecule has 2 amide bonds. The van der Waals surface area contributed by atoms with E-state index in [2.05, 4.69) is 26.6 Å². The summed E-state index contributed by atoms with van der Waals surface area (Å²) in [7, 11) is 0. The normalized spacial score (nSPS) is 15.7. The van der Waals surface area contributed by atoms with Gasteiger partial charge in [0.05, 0.1) is 0 Å². The van der Waals surface area contributed by atoms with E-state index >= 15 is 0 Å². The average Bonchev–Trinajstić information content (AvgIpc) is 3.20. The van der Waals surface area contributed by atoms with Gasteiger partial charge in [-0.1, -0.05) is 22.9 Å². The van der Waals surface area contributed by atoms with Gasteiger partial charge >= 0.3 is 0 Å². The molecule has 0 bridgehead atoms. The van der Waals surface area contributed by atoms with Crippen molar-refractivity contribution in [2.75, 3.05) is 11.9 Å². The minimum Gasteiger partial charge on any atom is -0.355 e. The number of nitrogens with one attached hydrogen (secondary N) is 2. The Labute approximate surface area is 121 Å². The fourth-order valence-electron chi connectivity index (χ4n) is 1.87. The van der Waals surface area contributed by atoms with Gasteiger partial charge in [0.25, 0.3) is 0 Å². The minimum atomic E-state index is -0.845. The topological polar surface area (TPSA) is 58.2 Å². The van der Waals surface area contributed by atoms with Crippen LogP contribution >= 0.6 is 15.9 Å². The van der Waals surface area contributed by atoms with Crippen LogP contribution in [0.2, 0.25) is 0 Å². The summed E-state index contributed by atoms with van der Waals surface area (Å²) in [5.41, 5.74) is -0.134. The van der Waals surface area contributed by atoms with E-state index in [0.29, 0.717) is 25.1 Å². The highest BCUT2D eigenvalue weighted by atomic mass is 79.9. The first kappa shape index (κ1) is 14.1. The number of benzene rings is 1. The summed E-state index contributed by atoms with van der Waals surface area (Å²) < 4.78 is 0.951. The van der Waals surface area contributed by atoms with Crippen LogP contribution in [0.15, 0.2) is 28.7 Å². The molecule has 1 saturated carbocycles. The number of amides is 2. The molecule has 1 aliphatic carbocycles. The van der Waals surface area contributed by atoms with Gasteiger partial charge in [0, 0.05) is 16.7 Å². The molecule has 19 heavy (non-hydrogen) atoms. The molecular formula is C14H17BrN2O2. The zero-order chi connectivity index (χ0) is 13.9. The number of rotatable bonds is 5. The van der Waals surface area contributed by atoms with Gasteiger partial charge < -0.3 is 10.6 Å². The Kier molecular flexibility index (Phi) is 4.24. The Morgan fingerprint density at radius 1 is 1.21 bits per heavy atom. The van der Waals surface area contributed by atoms with Crippen LogP contribution in [-0.2, 0) is 9.59 Å². The zero-order valence-electron chi connectivity index (χ0n) is 10.8. The Bertz CT molecular complexity index is 481. The summed E-state index contributed by atoms with van der Waals surface area (Å²) >= 11 is 3.34. The van der Waals surface area contributed by atoms with Crippen molar-refractivity contribution in [3.05, 3.63) is 28.7 Å². The van der Waals surface area contributed by atoms with Gasteiger partial charge in [-0.25, -0.2) is 0 Å². The molecule has 0 radical (unpaired) electrons. The molecule has 0 aliphatic heterocycles. The molecular weight excluding hydrogens is 308 g/mol. The lowest BCUT2D eigenvalue weighted by molar-refractivity contribution is -0.134. The molecule has 1 fully saturated rings. The van der Waals surface area contributed by atoms with Gasteiger partial charge in [0.15, 0.2) is 0 Å². The van der Waals surface area contributed by atoms with Gasteiger partial charge in [-0.15, -0.1) is 0 Å². The summed E-state index contributed by atoms with van der Waals surface area (Å²) in [5, 5.41) is 5.61. The molecule has 2 rings (SSSR count). The van der Waals surface area contributed by atoms with E-state index in [1.54, 1.807) is 0 Å². The Balaban J connectivity index is 1.99. The van der Waals surface area contributed by atoms with E-state index in [1.807, 2.05) is 31.2 Å². The molecule has 102 valence electrons. The first-order valence-corrected chi connectivity index (χ1v) is 7.23. The first-order valence-electron chi connectivity index (χ1n) is 6.44. The van der Waals surface area contributed by atoms with Crippen LogP contribution in [0, 0.1) is 5.41 Å². The lowest BCUT2D eigenvalue weighted by atomic mass is 10.0. The number of halogens is 1. The quantitative estimate of drug-likeness (QED) is 0.818. The lowest BCUT2D eigenvalue weighted by Crippen LogP contribution is -2.40. The van der Waals surface area contributed by atoms with E-state index in [-0.39, 0.29) is 11.8 Å². The second-order valence-electron chi connectivity index (χ2n) is 4.80. The van der Waals surface area contributed by atoms with Crippen molar-refractivity contribution in [1.82, 2.24) is 5.32 Å². The second-order valence-corrected chi connectivity index (χ2v) is 5.71. The zero-order valence-corrected chi connectivity index (χ0v) is 12.4.